The SMILES string of the molecule is Cc1cccc(C(=O)NC(C(=O)Nc2ccc3c(c2)OCCO3)C(C)C)c1. The molecule has 2 aromatic carbocycles. The van der Waals surface area contributed by atoms with E-state index in [-0.39, 0.29) is 17.7 Å². The topological polar surface area (TPSA) is 76.7 Å². The van der Waals surface area contributed by atoms with Crippen LogP contribution in [-0.4, -0.2) is 31.1 Å². The number of benzene rings is 2. The Balaban J connectivity index is 1.71. The summed E-state index contributed by atoms with van der Waals surface area (Å²) in [7, 11) is 0. The summed E-state index contributed by atoms with van der Waals surface area (Å²) in [6, 6.07) is 11.9. The summed E-state index contributed by atoms with van der Waals surface area (Å²) in [5, 5.41) is 5.69. The molecule has 1 atom stereocenters. The molecule has 27 heavy (non-hydrogen) atoms. The van der Waals surface area contributed by atoms with Gasteiger partial charge in [0.25, 0.3) is 5.91 Å². The highest BCUT2D eigenvalue weighted by Crippen LogP contribution is 2.32. The minimum atomic E-state index is -0.661. The molecule has 6 heteroatoms. The van der Waals surface area contributed by atoms with E-state index < -0.39 is 6.04 Å². The summed E-state index contributed by atoms with van der Waals surface area (Å²) in [6.07, 6.45) is 0. The molecule has 0 fully saturated rings. The van der Waals surface area contributed by atoms with Crippen molar-refractivity contribution < 1.29 is 19.1 Å². The van der Waals surface area contributed by atoms with Crippen LogP contribution in [0.15, 0.2) is 42.5 Å². The van der Waals surface area contributed by atoms with Crippen LogP contribution in [0.3, 0.4) is 0 Å². The molecule has 1 heterocycles. The van der Waals surface area contributed by atoms with Gasteiger partial charge in [0.2, 0.25) is 5.91 Å². The molecular formula is C21H24N2O4. The van der Waals surface area contributed by atoms with Crippen molar-refractivity contribution in [3.8, 4) is 11.5 Å². The Labute approximate surface area is 158 Å². The lowest BCUT2D eigenvalue weighted by Crippen LogP contribution is -2.47. The third-order valence-electron chi connectivity index (χ3n) is 4.33. The largest absolute Gasteiger partial charge is 0.486 e. The first kappa shape index (κ1) is 18.8. The number of hydrogen-bond donors (Lipinski definition) is 2. The van der Waals surface area contributed by atoms with Gasteiger partial charge in [0.15, 0.2) is 11.5 Å². The van der Waals surface area contributed by atoms with Gasteiger partial charge in [0.05, 0.1) is 0 Å². The minimum Gasteiger partial charge on any atom is -0.486 e. The summed E-state index contributed by atoms with van der Waals surface area (Å²) >= 11 is 0. The van der Waals surface area contributed by atoms with Crippen molar-refractivity contribution >= 4 is 17.5 Å². The van der Waals surface area contributed by atoms with Gasteiger partial charge in [0, 0.05) is 17.3 Å². The highest BCUT2D eigenvalue weighted by Gasteiger charge is 2.25. The number of anilines is 1. The van der Waals surface area contributed by atoms with Gasteiger partial charge in [-0.1, -0.05) is 31.5 Å². The lowest BCUT2D eigenvalue weighted by atomic mass is 10.0. The van der Waals surface area contributed by atoms with E-state index in [4.69, 9.17) is 9.47 Å². The maximum Gasteiger partial charge on any atom is 0.251 e. The van der Waals surface area contributed by atoms with E-state index in [1.807, 2.05) is 32.9 Å². The van der Waals surface area contributed by atoms with Crippen LogP contribution in [0.2, 0.25) is 0 Å². The molecule has 0 aromatic heterocycles. The van der Waals surface area contributed by atoms with Crippen LogP contribution in [0, 0.1) is 12.8 Å². The van der Waals surface area contributed by atoms with E-state index >= 15 is 0 Å². The quantitative estimate of drug-likeness (QED) is 0.850. The van der Waals surface area contributed by atoms with Crippen molar-refractivity contribution in [2.45, 2.75) is 26.8 Å². The Kier molecular flexibility index (Phi) is 5.64. The monoisotopic (exact) mass is 368 g/mol. The smallest absolute Gasteiger partial charge is 0.251 e. The minimum absolute atomic E-state index is 0.0732. The van der Waals surface area contributed by atoms with Crippen molar-refractivity contribution in [3.63, 3.8) is 0 Å². The van der Waals surface area contributed by atoms with Crippen LogP contribution >= 0.6 is 0 Å². The molecule has 0 radical (unpaired) electrons. The van der Waals surface area contributed by atoms with Crippen molar-refractivity contribution in [2.24, 2.45) is 5.92 Å². The van der Waals surface area contributed by atoms with Gasteiger partial charge in [-0.05, 0) is 37.1 Å². The molecule has 1 aliphatic heterocycles. The van der Waals surface area contributed by atoms with E-state index in [1.165, 1.54) is 0 Å². The number of rotatable bonds is 5. The molecule has 2 N–H and O–H groups in total. The van der Waals surface area contributed by atoms with Crippen LogP contribution in [-0.2, 0) is 4.79 Å². The Morgan fingerprint density at radius 1 is 1.00 bits per heavy atom. The normalized spacial score (nSPS) is 13.8. The zero-order chi connectivity index (χ0) is 19.4. The fourth-order valence-corrected chi connectivity index (χ4v) is 2.89. The molecule has 1 unspecified atom stereocenters. The Morgan fingerprint density at radius 2 is 1.74 bits per heavy atom. The van der Waals surface area contributed by atoms with Crippen molar-refractivity contribution in [3.05, 3.63) is 53.6 Å². The predicted molar refractivity (Wildman–Crippen MR) is 103 cm³/mol. The summed E-state index contributed by atoms with van der Waals surface area (Å²) in [5.74, 6) is 0.643. The average Bonchev–Trinajstić information content (AvgIpc) is 2.65. The first-order chi connectivity index (χ1) is 12.9. The second kappa shape index (κ2) is 8.12. The number of amides is 2. The lowest BCUT2D eigenvalue weighted by molar-refractivity contribution is -0.118. The first-order valence-corrected chi connectivity index (χ1v) is 9.02. The molecule has 0 spiro atoms. The summed E-state index contributed by atoms with van der Waals surface area (Å²) in [5.41, 5.74) is 2.12. The Bertz CT molecular complexity index is 848. The maximum atomic E-state index is 12.8. The van der Waals surface area contributed by atoms with E-state index in [0.29, 0.717) is 36.0 Å². The van der Waals surface area contributed by atoms with Gasteiger partial charge in [-0.15, -0.1) is 0 Å². The number of nitrogens with one attached hydrogen (secondary N) is 2. The van der Waals surface area contributed by atoms with Crippen LogP contribution in [0.25, 0.3) is 0 Å². The van der Waals surface area contributed by atoms with E-state index in [9.17, 15) is 9.59 Å². The van der Waals surface area contributed by atoms with Crippen LogP contribution < -0.4 is 20.1 Å². The van der Waals surface area contributed by atoms with Gasteiger partial charge in [-0.25, -0.2) is 0 Å². The molecule has 0 saturated heterocycles. The summed E-state index contributed by atoms with van der Waals surface area (Å²) in [6.45, 7) is 6.70. The molecule has 2 amide bonds. The molecule has 0 saturated carbocycles. The number of carbonyl (C=O) groups excluding carboxylic acids is 2. The van der Waals surface area contributed by atoms with E-state index in [1.54, 1.807) is 30.3 Å². The molecule has 0 aliphatic carbocycles. The highest BCUT2D eigenvalue weighted by atomic mass is 16.6. The molecule has 0 bridgehead atoms. The van der Waals surface area contributed by atoms with Crippen molar-refractivity contribution in [1.82, 2.24) is 5.32 Å². The number of hydrogen-bond acceptors (Lipinski definition) is 4. The molecular weight excluding hydrogens is 344 g/mol. The zero-order valence-corrected chi connectivity index (χ0v) is 15.7. The molecule has 142 valence electrons. The van der Waals surface area contributed by atoms with Crippen molar-refractivity contribution in [2.75, 3.05) is 18.5 Å². The summed E-state index contributed by atoms with van der Waals surface area (Å²) in [4.78, 5) is 25.3. The van der Waals surface area contributed by atoms with Gasteiger partial charge in [-0.2, -0.15) is 0 Å². The predicted octanol–water partition coefficient (Wildman–Crippen LogP) is 3.16. The second-order valence-electron chi connectivity index (χ2n) is 6.91. The lowest BCUT2D eigenvalue weighted by Gasteiger charge is -2.23. The molecule has 3 rings (SSSR count). The number of fused-ring (bicyclic) bond motifs is 1. The van der Waals surface area contributed by atoms with Crippen molar-refractivity contribution in [1.29, 1.82) is 0 Å². The standard InChI is InChI=1S/C21H24N2O4/c1-13(2)19(23-20(24)15-6-4-5-14(3)11-15)21(25)22-16-7-8-17-18(12-16)27-10-9-26-17/h4-8,11-13,19H,9-10H2,1-3H3,(H,22,25)(H,23,24). The van der Waals surface area contributed by atoms with Gasteiger partial charge in [-0.3, -0.25) is 9.59 Å². The number of carbonyl (C=O) groups is 2. The van der Waals surface area contributed by atoms with E-state index in [2.05, 4.69) is 10.6 Å². The van der Waals surface area contributed by atoms with Gasteiger partial charge < -0.3 is 20.1 Å². The van der Waals surface area contributed by atoms with Gasteiger partial charge in [0.1, 0.15) is 19.3 Å². The fourth-order valence-electron chi connectivity index (χ4n) is 2.89. The zero-order valence-electron chi connectivity index (χ0n) is 15.7. The average molecular weight is 368 g/mol. The fraction of sp³-hybridized carbons (Fsp3) is 0.333. The Hall–Kier alpha value is -3.02. The Morgan fingerprint density at radius 3 is 2.44 bits per heavy atom. The highest BCUT2D eigenvalue weighted by molar-refractivity contribution is 6.01. The van der Waals surface area contributed by atoms with Crippen LogP contribution in [0.4, 0.5) is 5.69 Å². The maximum absolute atomic E-state index is 12.8. The molecule has 6 nitrogen and oxygen atoms in total. The summed E-state index contributed by atoms with van der Waals surface area (Å²) < 4.78 is 11.0. The number of ether oxygens (including phenoxy) is 2. The number of aryl methyl sites for hydroxylation is 1. The molecule has 1 aliphatic rings. The molecule has 2 aromatic rings. The third-order valence-corrected chi connectivity index (χ3v) is 4.33. The first-order valence-electron chi connectivity index (χ1n) is 9.02. The van der Waals surface area contributed by atoms with E-state index in [0.717, 1.165) is 5.56 Å². The van der Waals surface area contributed by atoms with Gasteiger partial charge >= 0.3 is 0 Å². The van der Waals surface area contributed by atoms with Crippen LogP contribution in [0.5, 0.6) is 11.5 Å². The third kappa shape index (κ3) is 4.58. The van der Waals surface area contributed by atoms with Crippen LogP contribution in [0.1, 0.15) is 29.8 Å². The second-order valence-corrected chi connectivity index (χ2v) is 6.91.